The average Bonchev–Trinajstić information content (AvgIpc) is 3.40. The minimum atomic E-state index is -1.83. The fraction of sp³-hybridized carbons (Fsp3) is 0.826. The monoisotopic (exact) mass is 543 g/mol. The Morgan fingerprint density at radius 2 is 1.89 bits per heavy atom. The smallest absolute Gasteiger partial charge is 0.192 e. The van der Waals surface area contributed by atoms with Gasteiger partial charge in [0.2, 0.25) is 0 Å². The molecule has 1 saturated carbocycles. The number of hydrogen-bond donors (Lipinski definition) is 0. The fourth-order valence-corrected chi connectivity index (χ4v) is 6.26. The SMILES string of the molecule is CCCSc1nc(Cl)c2nnn([C@@H]3C[C@H](OCCO[Si](C)(C)C(C)(C)C)[C@H]4OC(C)(C)O[C@H]43)c2n1. The molecule has 4 atom stereocenters. The summed E-state index contributed by atoms with van der Waals surface area (Å²) < 4.78 is 27.0. The van der Waals surface area contributed by atoms with Crippen molar-refractivity contribution in [1.29, 1.82) is 0 Å². The highest BCUT2D eigenvalue weighted by Crippen LogP contribution is 2.45. The molecule has 0 unspecified atom stereocenters. The maximum Gasteiger partial charge on any atom is 0.192 e. The maximum atomic E-state index is 6.43. The average molecular weight is 544 g/mol. The van der Waals surface area contributed by atoms with Crippen LogP contribution in [-0.2, 0) is 18.6 Å². The maximum absolute atomic E-state index is 6.43. The summed E-state index contributed by atoms with van der Waals surface area (Å²) in [4.78, 5) is 9.11. The standard InChI is InChI=1S/C23H38ClN5O4SSi/c1-9-12-34-21-25-19(24)16-20(26-21)29(28-27-16)14-13-15(18-17(14)32-23(5,6)33-18)30-10-11-31-35(7,8)22(2,3)4/h14-15,17-18H,9-13H2,1-8H3/t14-,15+,17+,18-/m1/s1. The molecule has 0 aromatic carbocycles. The van der Waals surface area contributed by atoms with Crippen molar-refractivity contribution >= 4 is 42.8 Å². The van der Waals surface area contributed by atoms with Gasteiger partial charge in [-0.3, -0.25) is 0 Å². The Bertz CT molecular complexity index is 1050. The topological polar surface area (TPSA) is 93.4 Å². The zero-order chi connectivity index (χ0) is 25.6. The fourth-order valence-electron chi connectivity index (χ4n) is 4.28. The van der Waals surface area contributed by atoms with Crippen LogP contribution in [0.4, 0.5) is 0 Å². The molecular weight excluding hydrogens is 506 g/mol. The summed E-state index contributed by atoms with van der Waals surface area (Å²) in [7, 11) is -1.83. The number of thioether (sulfide) groups is 1. The minimum Gasteiger partial charge on any atom is -0.414 e. The van der Waals surface area contributed by atoms with E-state index >= 15 is 0 Å². The van der Waals surface area contributed by atoms with E-state index in [1.807, 2.05) is 18.5 Å². The number of ether oxygens (including phenoxy) is 3. The third-order valence-corrected chi connectivity index (χ3v) is 12.9. The molecule has 2 aromatic heterocycles. The molecular formula is C23H38ClN5O4SSi. The van der Waals surface area contributed by atoms with Gasteiger partial charge in [0.15, 0.2) is 35.6 Å². The highest BCUT2D eigenvalue weighted by Gasteiger charge is 2.56. The second kappa shape index (κ2) is 10.1. The lowest BCUT2D eigenvalue weighted by atomic mass is 10.2. The van der Waals surface area contributed by atoms with E-state index in [1.54, 1.807) is 11.8 Å². The Kier molecular flexibility index (Phi) is 7.89. The first kappa shape index (κ1) is 27.2. The zero-order valence-corrected chi connectivity index (χ0v) is 24.6. The highest BCUT2D eigenvalue weighted by molar-refractivity contribution is 7.99. The molecule has 1 aliphatic carbocycles. The van der Waals surface area contributed by atoms with E-state index < -0.39 is 14.1 Å². The van der Waals surface area contributed by atoms with E-state index in [2.05, 4.69) is 56.1 Å². The van der Waals surface area contributed by atoms with Crippen molar-refractivity contribution in [3.8, 4) is 0 Å². The number of nitrogens with zero attached hydrogens (tertiary/aromatic N) is 5. The second-order valence-corrected chi connectivity index (χ2v) is 17.5. The van der Waals surface area contributed by atoms with Gasteiger partial charge in [-0.05, 0) is 38.4 Å². The van der Waals surface area contributed by atoms with Gasteiger partial charge in [-0.25, -0.2) is 14.6 Å². The molecule has 196 valence electrons. The van der Waals surface area contributed by atoms with E-state index in [0.717, 1.165) is 12.2 Å². The van der Waals surface area contributed by atoms with Gasteiger partial charge in [-0.2, -0.15) is 0 Å². The van der Waals surface area contributed by atoms with Gasteiger partial charge in [0.05, 0.1) is 25.4 Å². The van der Waals surface area contributed by atoms with Crippen molar-refractivity contribution in [3.05, 3.63) is 5.15 Å². The molecule has 12 heteroatoms. The van der Waals surface area contributed by atoms with Gasteiger partial charge in [0, 0.05) is 12.2 Å². The molecule has 1 aliphatic heterocycles. The molecule has 2 aromatic rings. The molecule has 0 spiro atoms. The lowest BCUT2D eigenvalue weighted by Gasteiger charge is -2.36. The molecule has 3 heterocycles. The van der Waals surface area contributed by atoms with E-state index in [4.69, 9.17) is 35.2 Å². The molecule has 0 N–H and O–H groups in total. The predicted octanol–water partition coefficient (Wildman–Crippen LogP) is 5.25. The number of fused-ring (bicyclic) bond motifs is 2. The van der Waals surface area contributed by atoms with Crippen molar-refractivity contribution in [2.75, 3.05) is 19.0 Å². The van der Waals surface area contributed by atoms with Crippen LogP contribution < -0.4 is 0 Å². The van der Waals surface area contributed by atoms with Crippen LogP contribution >= 0.6 is 23.4 Å². The van der Waals surface area contributed by atoms with Crippen LogP contribution in [0.25, 0.3) is 11.2 Å². The van der Waals surface area contributed by atoms with Gasteiger partial charge in [-0.15, -0.1) is 5.10 Å². The number of aromatic nitrogens is 5. The van der Waals surface area contributed by atoms with E-state index in [1.165, 1.54) is 0 Å². The van der Waals surface area contributed by atoms with Crippen LogP contribution in [0, 0.1) is 0 Å². The van der Waals surface area contributed by atoms with Crippen LogP contribution in [0.1, 0.15) is 60.4 Å². The predicted molar refractivity (Wildman–Crippen MR) is 140 cm³/mol. The molecule has 2 fully saturated rings. The van der Waals surface area contributed by atoms with Gasteiger partial charge >= 0.3 is 0 Å². The third-order valence-electron chi connectivity index (χ3n) is 7.08. The first-order chi connectivity index (χ1) is 16.3. The molecule has 4 rings (SSSR count). The molecule has 2 aliphatic rings. The van der Waals surface area contributed by atoms with E-state index in [9.17, 15) is 0 Å². The van der Waals surface area contributed by atoms with Gasteiger partial charge < -0.3 is 18.6 Å². The Labute approximate surface area is 218 Å². The molecule has 0 amide bonds. The first-order valence-corrected chi connectivity index (χ1v) is 16.6. The van der Waals surface area contributed by atoms with Crippen molar-refractivity contribution in [2.45, 2.75) is 108 Å². The molecule has 35 heavy (non-hydrogen) atoms. The molecule has 9 nitrogen and oxygen atoms in total. The van der Waals surface area contributed by atoms with Crippen LogP contribution in [0.2, 0.25) is 23.3 Å². The van der Waals surface area contributed by atoms with Crippen LogP contribution in [0.3, 0.4) is 0 Å². The van der Waals surface area contributed by atoms with Gasteiger partial charge in [-0.1, -0.05) is 56.3 Å². The molecule has 0 radical (unpaired) electrons. The molecule has 1 saturated heterocycles. The van der Waals surface area contributed by atoms with Crippen molar-refractivity contribution in [1.82, 2.24) is 25.0 Å². The first-order valence-electron chi connectivity index (χ1n) is 12.4. The second-order valence-electron chi connectivity index (χ2n) is 11.2. The number of hydrogen-bond acceptors (Lipinski definition) is 9. The summed E-state index contributed by atoms with van der Waals surface area (Å²) in [6, 6.07) is -0.145. The van der Waals surface area contributed by atoms with Crippen LogP contribution in [-0.4, -0.2) is 76.3 Å². The van der Waals surface area contributed by atoms with Gasteiger partial charge in [0.1, 0.15) is 12.2 Å². The van der Waals surface area contributed by atoms with E-state index in [0.29, 0.717) is 41.1 Å². The third kappa shape index (κ3) is 5.71. The summed E-state index contributed by atoms with van der Waals surface area (Å²) in [5.74, 6) is 0.202. The molecule has 0 bridgehead atoms. The quantitative estimate of drug-likeness (QED) is 0.138. The summed E-state index contributed by atoms with van der Waals surface area (Å²) in [5, 5.41) is 9.80. The largest absolute Gasteiger partial charge is 0.414 e. The lowest BCUT2D eigenvalue weighted by molar-refractivity contribution is -0.170. The Morgan fingerprint density at radius 1 is 1.17 bits per heavy atom. The zero-order valence-electron chi connectivity index (χ0n) is 22.0. The minimum absolute atomic E-state index is 0.145. The van der Waals surface area contributed by atoms with Crippen molar-refractivity contribution < 1.29 is 18.6 Å². The summed E-state index contributed by atoms with van der Waals surface area (Å²) in [6.45, 7) is 18.3. The van der Waals surface area contributed by atoms with Crippen molar-refractivity contribution in [2.24, 2.45) is 0 Å². The summed E-state index contributed by atoms with van der Waals surface area (Å²) in [6.07, 6.45) is 1.09. The highest BCUT2D eigenvalue weighted by atomic mass is 35.5. The summed E-state index contributed by atoms with van der Waals surface area (Å²) in [5.41, 5.74) is 1.11. The van der Waals surface area contributed by atoms with E-state index in [-0.39, 0.29) is 29.4 Å². The number of rotatable bonds is 9. The number of halogens is 1. The van der Waals surface area contributed by atoms with Crippen LogP contribution in [0.15, 0.2) is 5.16 Å². The Morgan fingerprint density at radius 3 is 2.57 bits per heavy atom. The van der Waals surface area contributed by atoms with Crippen LogP contribution in [0.5, 0.6) is 0 Å². The summed E-state index contributed by atoms with van der Waals surface area (Å²) >= 11 is 8.00. The normalized spacial score (nSPS) is 26.5. The van der Waals surface area contributed by atoms with Crippen molar-refractivity contribution in [3.63, 3.8) is 0 Å². The Balaban J connectivity index is 1.52. The lowest BCUT2D eigenvalue weighted by Crippen LogP contribution is -2.42. The van der Waals surface area contributed by atoms with Gasteiger partial charge in [0.25, 0.3) is 0 Å². The Hall–Kier alpha value is -0.823.